The fraction of sp³-hybridized carbons (Fsp3) is 0.923. The van der Waals surface area contributed by atoms with Crippen LogP contribution >= 0.6 is 0 Å². The average Bonchev–Trinajstić information content (AvgIpc) is 2.39. The molecule has 0 aromatic carbocycles. The first-order valence-corrected chi connectivity index (χ1v) is 6.83. The number of hydrogen-bond acceptors (Lipinski definition) is 5. The number of methoxy groups -OCH3 is 1. The van der Waals surface area contributed by atoms with Crippen molar-refractivity contribution in [2.45, 2.75) is 32.2 Å². The molecule has 0 rings (SSSR count). The third-order valence-corrected chi connectivity index (χ3v) is 2.50. The summed E-state index contributed by atoms with van der Waals surface area (Å²) in [4.78, 5) is 10.9. The van der Waals surface area contributed by atoms with Gasteiger partial charge in [0.25, 0.3) is 0 Å². The fourth-order valence-electron chi connectivity index (χ4n) is 1.44. The Bertz CT molecular complexity index is 213. The van der Waals surface area contributed by atoms with Gasteiger partial charge in [0, 0.05) is 26.9 Å². The van der Waals surface area contributed by atoms with E-state index in [4.69, 9.17) is 19.3 Å². The van der Waals surface area contributed by atoms with Crippen molar-refractivity contribution in [3.8, 4) is 0 Å². The maximum Gasteiger partial charge on any atom is 0.320 e. The summed E-state index contributed by atoms with van der Waals surface area (Å²) in [5.41, 5.74) is 0. The largest absolute Gasteiger partial charge is 0.480 e. The van der Waals surface area contributed by atoms with Gasteiger partial charge >= 0.3 is 5.97 Å². The SMILES string of the molecule is CCCNC(CCOCCCOCCOC)C(=O)O. The van der Waals surface area contributed by atoms with Crippen LogP contribution in [0.1, 0.15) is 26.2 Å². The van der Waals surface area contributed by atoms with Crippen molar-refractivity contribution in [3.63, 3.8) is 0 Å². The molecule has 19 heavy (non-hydrogen) atoms. The highest BCUT2D eigenvalue weighted by Gasteiger charge is 2.15. The number of hydrogen-bond donors (Lipinski definition) is 2. The van der Waals surface area contributed by atoms with Crippen LogP contribution in [0.5, 0.6) is 0 Å². The summed E-state index contributed by atoms with van der Waals surface area (Å²) in [5.74, 6) is -0.819. The minimum Gasteiger partial charge on any atom is -0.480 e. The number of ether oxygens (including phenoxy) is 3. The van der Waals surface area contributed by atoms with Crippen LogP contribution in [0, 0.1) is 0 Å². The van der Waals surface area contributed by atoms with E-state index >= 15 is 0 Å². The minimum absolute atomic E-state index is 0.450. The molecule has 0 aliphatic carbocycles. The quantitative estimate of drug-likeness (QED) is 0.459. The summed E-state index contributed by atoms with van der Waals surface area (Å²) < 4.78 is 15.5. The van der Waals surface area contributed by atoms with E-state index in [0.717, 1.165) is 12.8 Å². The fourth-order valence-corrected chi connectivity index (χ4v) is 1.44. The minimum atomic E-state index is -0.819. The van der Waals surface area contributed by atoms with Crippen LogP contribution in [0.3, 0.4) is 0 Å². The van der Waals surface area contributed by atoms with Crippen molar-refractivity contribution in [1.82, 2.24) is 5.32 Å². The molecule has 1 atom stereocenters. The van der Waals surface area contributed by atoms with Gasteiger partial charge in [0.05, 0.1) is 13.2 Å². The number of carbonyl (C=O) groups is 1. The normalized spacial score (nSPS) is 12.5. The molecule has 0 radical (unpaired) electrons. The highest BCUT2D eigenvalue weighted by atomic mass is 16.5. The van der Waals surface area contributed by atoms with Gasteiger partial charge in [-0.1, -0.05) is 6.92 Å². The summed E-state index contributed by atoms with van der Waals surface area (Å²) in [7, 11) is 1.64. The topological polar surface area (TPSA) is 77.0 Å². The number of nitrogens with one attached hydrogen (secondary N) is 1. The molecular formula is C13H27NO5. The van der Waals surface area contributed by atoms with Crippen molar-refractivity contribution in [1.29, 1.82) is 0 Å². The second-order valence-corrected chi connectivity index (χ2v) is 4.20. The first kappa shape index (κ1) is 18.3. The standard InChI is InChI=1S/C13H27NO5/c1-3-6-14-12(13(15)16)5-9-18-7-4-8-19-11-10-17-2/h12,14H,3-11H2,1-2H3,(H,15,16). The lowest BCUT2D eigenvalue weighted by molar-refractivity contribution is -0.140. The lowest BCUT2D eigenvalue weighted by atomic mass is 10.2. The Hall–Kier alpha value is -0.690. The molecule has 1 unspecified atom stereocenters. The zero-order valence-electron chi connectivity index (χ0n) is 12.0. The van der Waals surface area contributed by atoms with Crippen LogP contribution in [-0.2, 0) is 19.0 Å². The van der Waals surface area contributed by atoms with Crippen molar-refractivity contribution in [2.75, 3.05) is 46.7 Å². The summed E-state index contributed by atoms with van der Waals surface area (Å²) in [6.45, 7) is 5.59. The summed E-state index contributed by atoms with van der Waals surface area (Å²) in [6.07, 6.45) is 2.22. The van der Waals surface area contributed by atoms with Crippen molar-refractivity contribution >= 4 is 5.97 Å². The van der Waals surface area contributed by atoms with E-state index in [1.54, 1.807) is 7.11 Å². The molecule has 0 aliphatic rings. The first-order chi connectivity index (χ1) is 9.22. The Morgan fingerprint density at radius 2 is 1.84 bits per heavy atom. The van der Waals surface area contributed by atoms with Crippen LogP contribution in [0.4, 0.5) is 0 Å². The van der Waals surface area contributed by atoms with Gasteiger partial charge in [-0.25, -0.2) is 0 Å². The van der Waals surface area contributed by atoms with Gasteiger partial charge in [-0.15, -0.1) is 0 Å². The van der Waals surface area contributed by atoms with E-state index in [1.165, 1.54) is 0 Å². The predicted molar refractivity (Wildman–Crippen MR) is 72.5 cm³/mol. The smallest absolute Gasteiger partial charge is 0.320 e. The van der Waals surface area contributed by atoms with Crippen LogP contribution in [0.2, 0.25) is 0 Å². The van der Waals surface area contributed by atoms with E-state index in [1.807, 2.05) is 6.92 Å². The lowest BCUT2D eigenvalue weighted by Crippen LogP contribution is -2.38. The van der Waals surface area contributed by atoms with Gasteiger partial charge in [-0.05, 0) is 25.8 Å². The molecular weight excluding hydrogens is 250 g/mol. The highest BCUT2D eigenvalue weighted by molar-refractivity contribution is 5.73. The molecule has 0 bridgehead atoms. The van der Waals surface area contributed by atoms with E-state index in [0.29, 0.717) is 46.0 Å². The molecule has 2 N–H and O–H groups in total. The molecule has 0 saturated carbocycles. The van der Waals surface area contributed by atoms with Crippen LogP contribution in [0.25, 0.3) is 0 Å². The Kier molecular flexibility index (Phi) is 13.2. The molecule has 0 heterocycles. The van der Waals surface area contributed by atoms with Crippen molar-refractivity contribution < 1.29 is 24.1 Å². The molecule has 0 aromatic rings. The van der Waals surface area contributed by atoms with Gasteiger partial charge in [0.15, 0.2) is 0 Å². The molecule has 6 heteroatoms. The maximum atomic E-state index is 10.9. The predicted octanol–water partition coefficient (Wildman–Crippen LogP) is 0.899. The Balaban J connectivity index is 3.37. The second-order valence-electron chi connectivity index (χ2n) is 4.20. The number of aliphatic carboxylic acids is 1. The molecule has 114 valence electrons. The molecule has 0 spiro atoms. The molecule has 0 saturated heterocycles. The van der Waals surface area contributed by atoms with E-state index in [-0.39, 0.29) is 0 Å². The molecule has 0 amide bonds. The van der Waals surface area contributed by atoms with Crippen LogP contribution in [-0.4, -0.2) is 63.8 Å². The number of carboxylic acid groups (broad SMARTS) is 1. The highest BCUT2D eigenvalue weighted by Crippen LogP contribution is 1.95. The van der Waals surface area contributed by atoms with Gasteiger partial charge in [-0.3, -0.25) is 4.79 Å². The lowest BCUT2D eigenvalue weighted by Gasteiger charge is -2.13. The maximum absolute atomic E-state index is 10.9. The number of rotatable bonds is 14. The zero-order valence-corrected chi connectivity index (χ0v) is 12.0. The van der Waals surface area contributed by atoms with Gasteiger partial charge in [-0.2, -0.15) is 0 Å². The molecule has 0 aliphatic heterocycles. The molecule has 0 aromatic heterocycles. The molecule has 0 fully saturated rings. The third kappa shape index (κ3) is 12.1. The number of carboxylic acids is 1. The van der Waals surface area contributed by atoms with Gasteiger partial charge < -0.3 is 24.6 Å². The summed E-state index contributed by atoms with van der Waals surface area (Å²) in [5, 5.41) is 11.9. The Labute approximate surface area is 115 Å². The monoisotopic (exact) mass is 277 g/mol. The van der Waals surface area contributed by atoms with Crippen LogP contribution < -0.4 is 5.32 Å². The summed E-state index contributed by atoms with van der Waals surface area (Å²) >= 11 is 0. The van der Waals surface area contributed by atoms with E-state index in [9.17, 15) is 4.79 Å². The van der Waals surface area contributed by atoms with Gasteiger partial charge in [0.2, 0.25) is 0 Å². The van der Waals surface area contributed by atoms with Crippen molar-refractivity contribution in [2.24, 2.45) is 0 Å². The Morgan fingerprint density at radius 1 is 1.16 bits per heavy atom. The zero-order chi connectivity index (χ0) is 14.3. The van der Waals surface area contributed by atoms with Crippen LogP contribution in [0.15, 0.2) is 0 Å². The average molecular weight is 277 g/mol. The van der Waals surface area contributed by atoms with Gasteiger partial charge in [0.1, 0.15) is 6.04 Å². The summed E-state index contributed by atoms with van der Waals surface area (Å²) in [6, 6.07) is -0.516. The van der Waals surface area contributed by atoms with E-state index < -0.39 is 12.0 Å². The van der Waals surface area contributed by atoms with E-state index in [2.05, 4.69) is 5.32 Å². The van der Waals surface area contributed by atoms with Crippen molar-refractivity contribution in [3.05, 3.63) is 0 Å². The third-order valence-electron chi connectivity index (χ3n) is 2.50. The second kappa shape index (κ2) is 13.7. The first-order valence-electron chi connectivity index (χ1n) is 6.83. The molecule has 6 nitrogen and oxygen atoms in total. The Morgan fingerprint density at radius 3 is 2.42 bits per heavy atom.